The molecule has 1 atom stereocenters. The van der Waals surface area contributed by atoms with Crippen molar-refractivity contribution in [2.75, 3.05) is 13.7 Å². The lowest BCUT2D eigenvalue weighted by atomic mass is 9.88. The zero-order chi connectivity index (χ0) is 14.8. The Labute approximate surface area is 128 Å². The van der Waals surface area contributed by atoms with E-state index in [0.717, 1.165) is 5.75 Å². The highest BCUT2D eigenvalue weighted by Crippen LogP contribution is 2.36. The highest BCUT2D eigenvalue weighted by atomic mass is 32.1. The molecule has 1 aromatic carbocycles. The number of hydrogen-bond acceptors (Lipinski definition) is 3. The molecule has 0 unspecified atom stereocenters. The molecular weight excluding hydrogens is 282 g/mol. The zero-order valence-electron chi connectivity index (χ0n) is 11.9. The van der Waals surface area contributed by atoms with Gasteiger partial charge < -0.3 is 9.64 Å². The summed E-state index contributed by atoms with van der Waals surface area (Å²) in [6.45, 7) is 4.98. The highest BCUT2D eigenvalue weighted by molar-refractivity contribution is 7.10. The van der Waals surface area contributed by atoms with Gasteiger partial charge in [-0.3, -0.25) is 4.79 Å². The number of thiophene rings is 1. The van der Waals surface area contributed by atoms with Crippen molar-refractivity contribution in [2.45, 2.75) is 12.5 Å². The van der Waals surface area contributed by atoms with Crippen LogP contribution in [0, 0.1) is 0 Å². The normalized spacial score (nSPS) is 17.2. The first kappa shape index (κ1) is 13.9. The van der Waals surface area contributed by atoms with Crippen LogP contribution >= 0.6 is 11.3 Å². The third-order valence-electron chi connectivity index (χ3n) is 3.90. The maximum absolute atomic E-state index is 12.0. The summed E-state index contributed by atoms with van der Waals surface area (Å²) >= 11 is 1.71. The van der Waals surface area contributed by atoms with Crippen LogP contribution in [0.1, 0.15) is 21.9 Å². The molecule has 3 rings (SSSR count). The molecule has 1 amide bonds. The minimum absolute atomic E-state index is 0.00689. The predicted molar refractivity (Wildman–Crippen MR) is 84.8 cm³/mol. The van der Waals surface area contributed by atoms with Crippen molar-refractivity contribution in [1.29, 1.82) is 0 Å². The number of ether oxygens (including phenoxy) is 1. The van der Waals surface area contributed by atoms with E-state index < -0.39 is 0 Å². The third kappa shape index (κ3) is 2.59. The summed E-state index contributed by atoms with van der Waals surface area (Å²) in [7, 11) is 1.66. The van der Waals surface area contributed by atoms with Crippen molar-refractivity contribution in [1.82, 2.24) is 4.90 Å². The Balaban J connectivity index is 1.96. The maximum atomic E-state index is 12.0. The molecule has 0 radical (unpaired) electrons. The van der Waals surface area contributed by atoms with E-state index in [0.29, 0.717) is 13.1 Å². The summed E-state index contributed by atoms with van der Waals surface area (Å²) in [5.74, 6) is 1.06. The van der Waals surface area contributed by atoms with Gasteiger partial charge in [0, 0.05) is 17.3 Å². The number of rotatable bonds is 3. The van der Waals surface area contributed by atoms with Crippen LogP contribution in [-0.4, -0.2) is 24.5 Å². The van der Waals surface area contributed by atoms with Gasteiger partial charge >= 0.3 is 0 Å². The Morgan fingerprint density at radius 1 is 1.38 bits per heavy atom. The van der Waals surface area contributed by atoms with E-state index in [1.54, 1.807) is 18.4 Å². The Kier molecular flexibility index (Phi) is 3.80. The Bertz CT molecular complexity index is 660. The fourth-order valence-corrected chi connectivity index (χ4v) is 3.72. The van der Waals surface area contributed by atoms with Gasteiger partial charge in [-0.2, -0.15) is 0 Å². The van der Waals surface area contributed by atoms with Crippen LogP contribution in [-0.2, 0) is 11.3 Å². The molecule has 2 aromatic rings. The van der Waals surface area contributed by atoms with Gasteiger partial charge in [0.1, 0.15) is 5.75 Å². The van der Waals surface area contributed by atoms with E-state index in [1.807, 2.05) is 17.0 Å². The highest BCUT2D eigenvalue weighted by Gasteiger charge is 2.29. The number of amides is 1. The van der Waals surface area contributed by atoms with E-state index in [2.05, 4.69) is 30.2 Å². The molecule has 0 fully saturated rings. The zero-order valence-corrected chi connectivity index (χ0v) is 12.7. The van der Waals surface area contributed by atoms with Crippen LogP contribution in [0.3, 0.4) is 0 Å². The van der Waals surface area contributed by atoms with Gasteiger partial charge in [0.2, 0.25) is 5.91 Å². The number of hydrogen-bond donors (Lipinski definition) is 0. The van der Waals surface area contributed by atoms with Crippen LogP contribution in [0.5, 0.6) is 5.75 Å². The molecule has 108 valence electrons. The lowest BCUT2D eigenvalue weighted by molar-refractivity contribution is -0.127. The van der Waals surface area contributed by atoms with Gasteiger partial charge in [0.05, 0.1) is 13.7 Å². The number of fused-ring (bicyclic) bond motifs is 1. The van der Waals surface area contributed by atoms with Crippen molar-refractivity contribution in [3.8, 4) is 5.75 Å². The van der Waals surface area contributed by atoms with Gasteiger partial charge in [-0.1, -0.05) is 18.7 Å². The van der Waals surface area contributed by atoms with Crippen LogP contribution < -0.4 is 4.74 Å². The van der Waals surface area contributed by atoms with Gasteiger partial charge in [0.15, 0.2) is 0 Å². The minimum Gasteiger partial charge on any atom is -0.497 e. The van der Waals surface area contributed by atoms with Crippen molar-refractivity contribution in [3.63, 3.8) is 0 Å². The average molecular weight is 299 g/mol. The second-order valence-corrected chi connectivity index (χ2v) is 6.05. The monoisotopic (exact) mass is 299 g/mol. The SMILES string of the molecule is C=CC(=O)N1Cc2sccc2[C@H](c2ccc(OC)cc2)C1. The molecule has 0 N–H and O–H groups in total. The molecule has 3 nitrogen and oxygen atoms in total. The van der Waals surface area contributed by atoms with Gasteiger partial charge in [0.25, 0.3) is 0 Å². The van der Waals surface area contributed by atoms with E-state index >= 15 is 0 Å². The number of benzene rings is 1. The Hall–Kier alpha value is -2.07. The molecule has 0 spiro atoms. The van der Waals surface area contributed by atoms with Crippen LogP contribution in [0.25, 0.3) is 0 Å². The third-order valence-corrected chi connectivity index (χ3v) is 4.82. The summed E-state index contributed by atoms with van der Waals surface area (Å²) in [4.78, 5) is 15.1. The van der Waals surface area contributed by atoms with Crippen molar-refractivity contribution >= 4 is 17.2 Å². The molecule has 0 saturated carbocycles. The number of methoxy groups -OCH3 is 1. The lowest BCUT2D eigenvalue weighted by Gasteiger charge is -2.32. The summed E-state index contributed by atoms with van der Waals surface area (Å²) < 4.78 is 5.21. The molecule has 1 aliphatic rings. The standard InChI is InChI=1S/C17H17NO2S/c1-3-17(19)18-10-15(14-8-9-21-16(14)11-18)12-4-6-13(20-2)7-5-12/h3-9,15H,1,10-11H2,2H3/t15-/m0/s1. The van der Waals surface area contributed by atoms with Crippen LogP contribution in [0.2, 0.25) is 0 Å². The predicted octanol–water partition coefficient (Wildman–Crippen LogP) is 3.42. The number of carbonyl (C=O) groups is 1. The second kappa shape index (κ2) is 5.74. The second-order valence-electron chi connectivity index (χ2n) is 5.05. The molecule has 21 heavy (non-hydrogen) atoms. The fourth-order valence-electron chi connectivity index (χ4n) is 2.76. The molecule has 4 heteroatoms. The van der Waals surface area contributed by atoms with Gasteiger partial charge in [-0.25, -0.2) is 0 Å². The average Bonchev–Trinajstić information content (AvgIpc) is 3.01. The van der Waals surface area contributed by atoms with Gasteiger partial charge in [-0.15, -0.1) is 11.3 Å². The molecule has 0 aliphatic carbocycles. The van der Waals surface area contributed by atoms with Crippen molar-refractivity contribution in [2.24, 2.45) is 0 Å². The quantitative estimate of drug-likeness (QED) is 0.813. The van der Waals surface area contributed by atoms with Crippen molar-refractivity contribution in [3.05, 3.63) is 64.4 Å². The molecular formula is C17H17NO2S. The summed E-state index contributed by atoms with van der Waals surface area (Å²) in [5.41, 5.74) is 2.54. The van der Waals surface area contributed by atoms with E-state index in [4.69, 9.17) is 4.74 Å². The maximum Gasteiger partial charge on any atom is 0.246 e. The fraction of sp³-hybridized carbons (Fsp3) is 0.235. The van der Waals surface area contributed by atoms with Crippen LogP contribution in [0.15, 0.2) is 48.4 Å². The smallest absolute Gasteiger partial charge is 0.246 e. The van der Waals surface area contributed by atoms with E-state index in [1.165, 1.54) is 22.1 Å². The summed E-state index contributed by atoms with van der Waals surface area (Å²) in [6.07, 6.45) is 1.39. The molecule has 0 saturated heterocycles. The van der Waals surface area contributed by atoms with Gasteiger partial charge in [-0.05, 0) is 40.8 Å². The van der Waals surface area contributed by atoms with E-state index in [9.17, 15) is 4.79 Å². The molecule has 0 bridgehead atoms. The number of carbonyl (C=O) groups excluding carboxylic acids is 1. The molecule has 1 aromatic heterocycles. The van der Waals surface area contributed by atoms with Crippen LogP contribution in [0.4, 0.5) is 0 Å². The van der Waals surface area contributed by atoms with Crippen molar-refractivity contribution < 1.29 is 9.53 Å². The minimum atomic E-state index is -0.00689. The molecule has 2 heterocycles. The first-order valence-corrected chi connectivity index (χ1v) is 7.72. The molecule has 1 aliphatic heterocycles. The first-order valence-electron chi connectivity index (χ1n) is 6.84. The first-order chi connectivity index (χ1) is 10.2. The summed E-state index contributed by atoms with van der Waals surface area (Å²) in [5, 5.41) is 2.10. The lowest BCUT2D eigenvalue weighted by Crippen LogP contribution is -2.36. The Morgan fingerprint density at radius 2 is 2.14 bits per heavy atom. The Morgan fingerprint density at radius 3 is 2.81 bits per heavy atom. The summed E-state index contributed by atoms with van der Waals surface area (Å²) in [6, 6.07) is 10.3. The largest absolute Gasteiger partial charge is 0.497 e. The number of nitrogens with zero attached hydrogens (tertiary/aromatic N) is 1. The topological polar surface area (TPSA) is 29.5 Å². The van der Waals surface area contributed by atoms with E-state index in [-0.39, 0.29) is 11.8 Å².